The molecule has 0 aromatic heterocycles. The molecule has 3 nitrogen and oxygen atoms in total. The average Bonchev–Trinajstić information content (AvgIpc) is 2.58. The van der Waals surface area contributed by atoms with Crippen LogP contribution in [0.15, 0.2) is 5.16 Å². The van der Waals surface area contributed by atoms with Gasteiger partial charge in [-0.3, -0.25) is 0 Å². The number of carbonyl (C=O) groups is 1. The summed E-state index contributed by atoms with van der Waals surface area (Å²) in [5.74, 6) is 0.383. The van der Waals surface area contributed by atoms with E-state index in [1.165, 1.54) is 12.8 Å². The SMILES string of the molecule is O=C1CC(C2CC2)=NO1. The lowest BCUT2D eigenvalue weighted by Gasteiger charge is -1.83. The van der Waals surface area contributed by atoms with Crippen molar-refractivity contribution in [3.05, 3.63) is 0 Å². The van der Waals surface area contributed by atoms with E-state index in [9.17, 15) is 4.79 Å². The van der Waals surface area contributed by atoms with E-state index >= 15 is 0 Å². The molecule has 1 fully saturated rings. The van der Waals surface area contributed by atoms with Crippen molar-refractivity contribution in [2.45, 2.75) is 19.3 Å². The predicted molar refractivity (Wildman–Crippen MR) is 30.9 cm³/mol. The molecular formula is C6H7NO2. The minimum absolute atomic E-state index is 0.197. The smallest absolute Gasteiger partial charge is 0.318 e. The molecule has 3 heteroatoms. The van der Waals surface area contributed by atoms with Crippen molar-refractivity contribution in [3.8, 4) is 0 Å². The highest BCUT2D eigenvalue weighted by Crippen LogP contribution is 2.33. The van der Waals surface area contributed by atoms with E-state index in [2.05, 4.69) is 9.99 Å². The molecule has 0 N–H and O–H groups in total. The molecule has 9 heavy (non-hydrogen) atoms. The summed E-state index contributed by atoms with van der Waals surface area (Å²) in [7, 11) is 0. The van der Waals surface area contributed by atoms with Crippen molar-refractivity contribution in [1.82, 2.24) is 0 Å². The molecule has 48 valence electrons. The summed E-state index contributed by atoms with van der Waals surface area (Å²) >= 11 is 0. The molecule has 0 radical (unpaired) electrons. The molecule has 1 saturated carbocycles. The fourth-order valence-corrected chi connectivity index (χ4v) is 0.957. The zero-order valence-corrected chi connectivity index (χ0v) is 4.96. The molecule has 1 aliphatic carbocycles. The van der Waals surface area contributed by atoms with Crippen LogP contribution in [0.1, 0.15) is 19.3 Å². The first-order valence-corrected chi connectivity index (χ1v) is 3.13. The van der Waals surface area contributed by atoms with E-state index in [0.717, 1.165) is 5.71 Å². The van der Waals surface area contributed by atoms with Crippen molar-refractivity contribution in [3.63, 3.8) is 0 Å². The standard InChI is InChI=1S/C6H7NO2/c8-6-3-5(7-9-6)4-1-2-4/h4H,1-3H2. The van der Waals surface area contributed by atoms with Gasteiger partial charge in [0.2, 0.25) is 0 Å². The van der Waals surface area contributed by atoms with Gasteiger partial charge in [0.25, 0.3) is 0 Å². The van der Waals surface area contributed by atoms with Gasteiger partial charge >= 0.3 is 5.97 Å². The molecule has 0 atom stereocenters. The monoisotopic (exact) mass is 125 g/mol. The van der Waals surface area contributed by atoms with Crippen LogP contribution in [0, 0.1) is 5.92 Å². The molecule has 0 bridgehead atoms. The van der Waals surface area contributed by atoms with E-state index in [-0.39, 0.29) is 5.97 Å². The van der Waals surface area contributed by atoms with Crippen LogP contribution in [0.25, 0.3) is 0 Å². The molecule has 0 aromatic carbocycles. The van der Waals surface area contributed by atoms with E-state index in [1.54, 1.807) is 0 Å². The molecule has 0 aromatic rings. The molecule has 2 rings (SSSR count). The Morgan fingerprint density at radius 3 is 2.78 bits per heavy atom. The van der Waals surface area contributed by atoms with Gasteiger partial charge in [-0.25, -0.2) is 4.79 Å². The average molecular weight is 125 g/mol. The number of nitrogens with zero attached hydrogens (tertiary/aromatic N) is 1. The Labute approximate surface area is 52.7 Å². The van der Waals surface area contributed by atoms with Crippen molar-refractivity contribution >= 4 is 11.7 Å². The lowest BCUT2D eigenvalue weighted by Crippen LogP contribution is -1.99. The Hall–Kier alpha value is -0.860. The molecule has 0 unspecified atom stereocenters. The quantitative estimate of drug-likeness (QED) is 0.484. The Balaban J connectivity index is 2.05. The summed E-state index contributed by atoms with van der Waals surface area (Å²) in [5, 5.41) is 3.65. The fourth-order valence-electron chi connectivity index (χ4n) is 0.957. The summed E-state index contributed by atoms with van der Waals surface area (Å²) in [4.78, 5) is 14.9. The third kappa shape index (κ3) is 0.823. The topological polar surface area (TPSA) is 38.7 Å². The zero-order chi connectivity index (χ0) is 6.27. The summed E-state index contributed by atoms with van der Waals surface area (Å²) in [6.07, 6.45) is 2.82. The van der Waals surface area contributed by atoms with E-state index in [4.69, 9.17) is 0 Å². The van der Waals surface area contributed by atoms with E-state index in [1.807, 2.05) is 0 Å². The van der Waals surface area contributed by atoms with Crippen molar-refractivity contribution in [2.24, 2.45) is 11.1 Å². The second-order valence-electron chi connectivity index (χ2n) is 2.50. The number of carbonyl (C=O) groups excluding carboxylic acids is 1. The number of oxime groups is 1. The highest BCUT2D eigenvalue weighted by Gasteiger charge is 2.32. The largest absolute Gasteiger partial charge is 0.340 e. The Kier molecular flexibility index (Phi) is 0.860. The zero-order valence-electron chi connectivity index (χ0n) is 4.96. The van der Waals surface area contributed by atoms with Crippen LogP contribution < -0.4 is 0 Å². The molecule has 0 spiro atoms. The molecule has 0 saturated heterocycles. The van der Waals surface area contributed by atoms with Gasteiger partial charge in [-0.1, -0.05) is 5.16 Å². The van der Waals surface area contributed by atoms with Gasteiger partial charge in [0, 0.05) is 5.92 Å². The summed E-state index contributed by atoms with van der Waals surface area (Å²) in [6, 6.07) is 0. The highest BCUT2D eigenvalue weighted by molar-refractivity contribution is 6.03. The normalized spacial score (nSPS) is 25.8. The Morgan fingerprint density at radius 1 is 1.56 bits per heavy atom. The van der Waals surface area contributed by atoms with Gasteiger partial charge in [0.1, 0.15) is 0 Å². The minimum atomic E-state index is -0.197. The number of hydrogen-bond donors (Lipinski definition) is 0. The van der Waals surface area contributed by atoms with Crippen LogP contribution in [-0.2, 0) is 9.63 Å². The second kappa shape index (κ2) is 1.56. The first kappa shape index (κ1) is 4.97. The van der Waals surface area contributed by atoms with Crippen LogP contribution in [-0.4, -0.2) is 11.7 Å². The first-order valence-electron chi connectivity index (χ1n) is 3.13. The molecular weight excluding hydrogens is 118 g/mol. The lowest BCUT2D eigenvalue weighted by atomic mass is 10.2. The maximum atomic E-state index is 10.4. The fraction of sp³-hybridized carbons (Fsp3) is 0.667. The molecule has 0 amide bonds. The minimum Gasteiger partial charge on any atom is -0.318 e. The van der Waals surface area contributed by atoms with Crippen LogP contribution in [0.5, 0.6) is 0 Å². The third-order valence-corrected chi connectivity index (χ3v) is 1.64. The number of hydrogen-bond acceptors (Lipinski definition) is 3. The van der Waals surface area contributed by atoms with Gasteiger partial charge in [-0.05, 0) is 12.8 Å². The maximum absolute atomic E-state index is 10.4. The maximum Gasteiger partial charge on any atom is 0.340 e. The first-order chi connectivity index (χ1) is 4.36. The lowest BCUT2D eigenvalue weighted by molar-refractivity contribution is -0.140. The predicted octanol–water partition coefficient (Wildman–Crippen LogP) is 0.699. The summed E-state index contributed by atoms with van der Waals surface area (Å²) in [5.41, 5.74) is 0.958. The summed E-state index contributed by atoms with van der Waals surface area (Å²) in [6.45, 7) is 0. The van der Waals surface area contributed by atoms with Crippen LogP contribution >= 0.6 is 0 Å². The van der Waals surface area contributed by atoms with Crippen molar-refractivity contribution in [1.29, 1.82) is 0 Å². The third-order valence-electron chi connectivity index (χ3n) is 1.64. The van der Waals surface area contributed by atoms with Crippen LogP contribution in [0.4, 0.5) is 0 Å². The molecule has 1 aliphatic heterocycles. The van der Waals surface area contributed by atoms with E-state index in [0.29, 0.717) is 12.3 Å². The Morgan fingerprint density at radius 2 is 2.33 bits per heavy atom. The van der Waals surface area contributed by atoms with Gasteiger partial charge in [-0.2, -0.15) is 0 Å². The van der Waals surface area contributed by atoms with Crippen molar-refractivity contribution in [2.75, 3.05) is 0 Å². The van der Waals surface area contributed by atoms with Crippen molar-refractivity contribution < 1.29 is 9.63 Å². The van der Waals surface area contributed by atoms with Gasteiger partial charge in [0.15, 0.2) is 0 Å². The number of rotatable bonds is 1. The van der Waals surface area contributed by atoms with Crippen LogP contribution in [0.2, 0.25) is 0 Å². The van der Waals surface area contributed by atoms with Gasteiger partial charge < -0.3 is 4.84 Å². The molecule has 1 heterocycles. The summed E-state index contributed by atoms with van der Waals surface area (Å²) < 4.78 is 0. The van der Waals surface area contributed by atoms with E-state index < -0.39 is 0 Å². The molecule has 2 aliphatic rings. The Bertz CT molecular complexity index is 181. The van der Waals surface area contributed by atoms with Gasteiger partial charge in [0.05, 0.1) is 12.1 Å². The highest BCUT2D eigenvalue weighted by atomic mass is 16.7. The second-order valence-corrected chi connectivity index (χ2v) is 2.50. The van der Waals surface area contributed by atoms with Crippen LogP contribution in [0.3, 0.4) is 0 Å². The van der Waals surface area contributed by atoms with Gasteiger partial charge in [-0.15, -0.1) is 0 Å².